The van der Waals surface area contributed by atoms with E-state index in [9.17, 15) is 0 Å². The fraction of sp³-hybridized carbons (Fsp3) is 0.192. The van der Waals surface area contributed by atoms with E-state index in [0.717, 1.165) is 51.6 Å². The summed E-state index contributed by atoms with van der Waals surface area (Å²) in [5.41, 5.74) is 7.79. The summed E-state index contributed by atoms with van der Waals surface area (Å²) in [6.07, 6.45) is 2.81. The summed E-state index contributed by atoms with van der Waals surface area (Å²) in [7, 11) is 0. The molecule has 1 aliphatic heterocycles. The average Bonchev–Trinajstić information content (AvgIpc) is 3.52. The van der Waals surface area contributed by atoms with Crippen LogP contribution in [0.5, 0.6) is 0 Å². The van der Waals surface area contributed by atoms with Gasteiger partial charge in [0.1, 0.15) is 0 Å². The molecule has 4 heterocycles. The maximum absolute atomic E-state index is 4.96. The molecule has 0 saturated heterocycles. The average molecular weight is 537 g/mol. The second-order valence-corrected chi connectivity index (χ2v) is 11.0. The van der Waals surface area contributed by atoms with Crippen LogP contribution in [0.4, 0.5) is 0 Å². The van der Waals surface area contributed by atoms with Crippen molar-refractivity contribution in [2.75, 3.05) is 0 Å². The molecule has 6 rings (SSSR count). The third kappa shape index (κ3) is 3.49. The summed E-state index contributed by atoms with van der Waals surface area (Å²) in [4.78, 5) is 21.2. The van der Waals surface area contributed by atoms with Crippen molar-refractivity contribution in [2.24, 2.45) is 0 Å². The molecule has 0 aliphatic carbocycles. The molecule has 0 unspecified atom stereocenters. The molecule has 0 bridgehead atoms. The van der Waals surface area contributed by atoms with Crippen LogP contribution >= 0.6 is 0 Å². The van der Waals surface area contributed by atoms with Crippen molar-refractivity contribution in [1.29, 1.82) is 0 Å². The second-order valence-electron chi connectivity index (χ2n) is 8.40. The number of hydrogen-bond acceptors (Lipinski definition) is 3. The van der Waals surface area contributed by atoms with E-state index in [1.165, 1.54) is 11.3 Å². The van der Waals surface area contributed by atoms with Gasteiger partial charge in [-0.3, -0.25) is 0 Å². The zero-order valence-electron chi connectivity index (χ0n) is 18.2. The molecule has 0 saturated carbocycles. The van der Waals surface area contributed by atoms with Gasteiger partial charge in [-0.25, -0.2) is 0 Å². The topological polar surface area (TPSA) is 70.2 Å². The van der Waals surface area contributed by atoms with Crippen LogP contribution in [-0.4, -0.2) is 24.9 Å². The van der Waals surface area contributed by atoms with Gasteiger partial charge in [0, 0.05) is 6.42 Å². The molecular weight excluding hydrogens is 514 g/mol. The molecule has 0 fully saturated rings. The van der Waals surface area contributed by atoms with Crippen LogP contribution in [0.25, 0.3) is 44.7 Å². The van der Waals surface area contributed by atoms with E-state index in [2.05, 4.69) is 84.3 Å². The summed E-state index contributed by atoms with van der Waals surface area (Å²) >= 11 is -0.0254. The van der Waals surface area contributed by atoms with Crippen molar-refractivity contribution >= 4 is 11.1 Å². The summed E-state index contributed by atoms with van der Waals surface area (Å²) in [6.45, 7) is 6.46. The minimum absolute atomic E-state index is 0.0254. The van der Waals surface area contributed by atoms with E-state index >= 15 is 0 Å². The predicted octanol–water partition coefficient (Wildman–Crippen LogP) is 4.72. The first kappa shape index (κ1) is 20.4. The Kier molecular flexibility index (Phi) is 5.12. The van der Waals surface area contributed by atoms with Gasteiger partial charge >= 0.3 is 200 Å². The van der Waals surface area contributed by atoms with Crippen LogP contribution < -0.4 is 0.193 Å². The third-order valence-corrected chi connectivity index (χ3v) is 8.49. The van der Waals surface area contributed by atoms with Crippen LogP contribution in [-0.2, 0) is 6.42 Å². The Balaban J connectivity index is 1.33. The van der Waals surface area contributed by atoms with E-state index in [1.807, 2.05) is 6.20 Å². The number of rotatable bonds is 4. The van der Waals surface area contributed by atoms with Gasteiger partial charge in [-0.1, -0.05) is 6.92 Å². The number of hydrogen-bond donors (Lipinski definition) is 2. The zero-order valence-corrected chi connectivity index (χ0v) is 20.2. The monoisotopic (exact) mass is 537 g/mol. The molecule has 2 aromatic carbocycles. The normalized spacial score (nSPS) is 12.8. The van der Waals surface area contributed by atoms with Gasteiger partial charge in [-0.2, -0.15) is 0 Å². The Labute approximate surface area is 211 Å². The molecule has 160 valence electrons. The molecule has 5 nitrogen and oxygen atoms in total. The quantitative estimate of drug-likeness (QED) is 0.343. The molecule has 0 amide bonds. The van der Waals surface area contributed by atoms with Gasteiger partial charge in [0.2, 0.25) is 0 Å². The predicted molar refractivity (Wildman–Crippen MR) is 125 cm³/mol. The Morgan fingerprint density at radius 2 is 1.81 bits per heavy atom. The van der Waals surface area contributed by atoms with Crippen molar-refractivity contribution in [1.82, 2.24) is 24.9 Å². The summed E-state index contributed by atoms with van der Waals surface area (Å²) in [5.74, 6) is 2.53. The Hall–Kier alpha value is -2.16. The Morgan fingerprint density at radius 1 is 0.938 bits per heavy atom. The number of fused-ring (bicyclic) bond motifs is 4. The van der Waals surface area contributed by atoms with Gasteiger partial charge in [0.05, 0.1) is 0 Å². The van der Waals surface area contributed by atoms with Crippen molar-refractivity contribution < 1.29 is 44.2 Å². The maximum atomic E-state index is 4.96. The first-order valence-corrected chi connectivity index (χ1v) is 12.9. The molecule has 32 heavy (non-hydrogen) atoms. The first-order valence-electron chi connectivity index (χ1n) is 10.9. The van der Waals surface area contributed by atoms with Crippen molar-refractivity contribution in [3.8, 4) is 33.8 Å². The van der Waals surface area contributed by atoms with Gasteiger partial charge in [0.25, 0.3) is 0 Å². The number of aromatic amines is 2. The van der Waals surface area contributed by atoms with Gasteiger partial charge in [-0.15, -0.1) is 0 Å². The number of aryl methyl sites for hydroxylation is 1. The van der Waals surface area contributed by atoms with E-state index in [4.69, 9.17) is 9.97 Å². The van der Waals surface area contributed by atoms with Crippen LogP contribution in [0.1, 0.15) is 38.3 Å². The standard InChI is InChI=1S/C26H23N5Xe/c1-4-23-27-13-21(29-23)16-7-10-19-15(11-16)6-9-20(28-19)17-5-8-18-22(12-17)32-26-24(18)30-25(31-26)14(2)3/h5-14H,4H2,1-3H3,(H,27,29)(H,30,31). The molecule has 6 heteroatoms. The molecule has 0 radical (unpaired) electrons. The first-order chi connectivity index (χ1) is 15.6. The molecule has 2 N–H and O–H groups in total. The van der Waals surface area contributed by atoms with Gasteiger partial charge in [-0.05, 0) is 0 Å². The SMILES string of the molecule is CCc1ncc(-c2ccc3nc(-c4ccc5c(c4)[Xe]c4[nH]c(C(C)C)nc4-5)ccc3c2)[nH]1. The fourth-order valence-corrected chi connectivity index (χ4v) is 6.74. The number of imidazole rings is 2. The number of H-pyrrole nitrogens is 2. The Morgan fingerprint density at radius 3 is 2.62 bits per heavy atom. The molecule has 0 spiro atoms. The van der Waals surface area contributed by atoms with Crippen molar-refractivity contribution in [3.63, 3.8) is 0 Å². The molecule has 0 atom stereocenters. The van der Waals surface area contributed by atoms with E-state index in [0.29, 0.717) is 5.92 Å². The van der Waals surface area contributed by atoms with Crippen LogP contribution in [0.2, 0.25) is 0 Å². The van der Waals surface area contributed by atoms with Crippen LogP contribution in [0, 0.1) is 44.2 Å². The summed E-state index contributed by atoms with van der Waals surface area (Å²) in [5, 5.41) is 1.13. The summed E-state index contributed by atoms with van der Waals surface area (Å²) < 4.78 is 2.72. The zero-order chi connectivity index (χ0) is 21.8. The fourth-order valence-electron chi connectivity index (χ4n) is 4.05. The number of aromatic nitrogens is 5. The number of pyridine rings is 1. The van der Waals surface area contributed by atoms with Gasteiger partial charge in [0.15, 0.2) is 0 Å². The van der Waals surface area contributed by atoms with E-state index < -0.39 is 0 Å². The van der Waals surface area contributed by atoms with Crippen molar-refractivity contribution in [2.45, 2.75) is 33.1 Å². The van der Waals surface area contributed by atoms with E-state index in [-0.39, 0.29) is 44.2 Å². The number of nitrogens with zero attached hydrogens (tertiary/aromatic N) is 3. The third-order valence-electron chi connectivity index (χ3n) is 5.87. The van der Waals surface area contributed by atoms with E-state index in [1.54, 1.807) is 0 Å². The number of benzene rings is 2. The van der Waals surface area contributed by atoms with Crippen molar-refractivity contribution in [3.05, 3.63) is 66.4 Å². The summed E-state index contributed by atoms with van der Waals surface area (Å²) in [6, 6.07) is 17.4. The molecule has 3 aromatic heterocycles. The minimum atomic E-state index is -0.0254. The molecular formula is C26H23N5Xe. The Bertz CT molecular complexity index is 1480. The second kappa shape index (κ2) is 8.01. The van der Waals surface area contributed by atoms with Crippen LogP contribution in [0.3, 0.4) is 0 Å². The molecule has 5 aromatic rings. The van der Waals surface area contributed by atoms with Gasteiger partial charge < -0.3 is 0 Å². The number of nitrogens with one attached hydrogen (secondary N) is 2. The molecule has 1 aliphatic rings. The van der Waals surface area contributed by atoms with Crippen LogP contribution in [0.15, 0.2) is 54.7 Å².